The van der Waals surface area contributed by atoms with Gasteiger partial charge in [0, 0.05) is 23.4 Å². The molecule has 4 heterocycles. The molecule has 1 saturated heterocycles. The molecule has 4 rings (SSSR count). The number of nitrogens with one attached hydrogen (secondary N) is 1. The van der Waals surface area contributed by atoms with Crippen LogP contribution in [0.3, 0.4) is 0 Å². The molecule has 2 aliphatic rings. The van der Waals surface area contributed by atoms with E-state index in [2.05, 4.69) is 28.5 Å². The number of aromatic nitrogens is 2. The van der Waals surface area contributed by atoms with E-state index in [-0.39, 0.29) is 11.6 Å². The van der Waals surface area contributed by atoms with Crippen LogP contribution in [0.25, 0.3) is 0 Å². The minimum Gasteiger partial charge on any atom is -0.480 e. The molecule has 7 heteroatoms. The van der Waals surface area contributed by atoms with E-state index >= 15 is 0 Å². The number of rotatable bonds is 2. The van der Waals surface area contributed by atoms with Crippen molar-refractivity contribution < 1.29 is 9.47 Å². The van der Waals surface area contributed by atoms with E-state index in [1.165, 1.54) is 10.4 Å². The molecule has 2 aliphatic heterocycles. The van der Waals surface area contributed by atoms with Crippen molar-refractivity contribution in [3.63, 3.8) is 0 Å². The molecule has 0 aliphatic carbocycles. The normalized spacial score (nSPS) is 29.5. The molecule has 0 bridgehead atoms. The standard InChI is InChI=1S/C17H20ClN3O2S/c1-10-8-17(16-11(5-6-23-17)7-14(18)24-16)9-13(19-10)12-3-4-15(22-2)21-20-12/h3-4,7,10,13,19H,5-6,8-9H2,1-2H3. The lowest BCUT2D eigenvalue weighted by Crippen LogP contribution is -2.49. The molecule has 0 radical (unpaired) electrons. The fraction of sp³-hybridized carbons (Fsp3) is 0.529. The Morgan fingerprint density at radius 3 is 3.00 bits per heavy atom. The van der Waals surface area contributed by atoms with Crippen molar-refractivity contribution in [2.75, 3.05) is 13.7 Å². The maximum Gasteiger partial charge on any atom is 0.233 e. The van der Waals surface area contributed by atoms with Gasteiger partial charge in [-0.1, -0.05) is 11.6 Å². The second kappa shape index (κ2) is 6.26. The molecule has 2 aromatic rings. The number of hydrogen-bond donors (Lipinski definition) is 1. The Balaban J connectivity index is 1.68. The van der Waals surface area contributed by atoms with E-state index in [0.29, 0.717) is 11.9 Å². The summed E-state index contributed by atoms with van der Waals surface area (Å²) in [6, 6.07) is 6.34. The van der Waals surface area contributed by atoms with Crippen molar-refractivity contribution in [1.29, 1.82) is 0 Å². The zero-order valence-corrected chi connectivity index (χ0v) is 15.3. The van der Waals surface area contributed by atoms with Gasteiger partial charge < -0.3 is 14.8 Å². The molecule has 1 spiro atoms. The maximum absolute atomic E-state index is 6.35. The average molecular weight is 366 g/mol. The van der Waals surface area contributed by atoms with Crippen molar-refractivity contribution in [3.05, 3.63) is 38.7 Å². The summed E-state index contributed by atoms with van der Waals surface area (Å²) in [6.07, 6.45) is 2.72. The predicted octanol–water partition coefficient (Wildman–Crippen LogP) is 3.48. The van der Waals surface area contributed by atoms with E-state index in [1.54, 1.807) is 18.4 Å². The van der Waals surface area contributed by atoms with Crippen molar-refractivity contribution >= 4 is 22.9 Å². The minimum atomic E-state index is -0.275. The molecule has 1 N–H and O–H groups in total. The monoisotopic (exact) mass is 365 g/mol. The molecule has 3 unspecified atom stereocenters. The van der Waals surface area contributed by atoms with Crippen molar-refractivity contribution in [3.8, 4) is 5.88 Å². The molecule has 0 saturated carbocycles. The van der Waals surface area contributed by atoms with E-state index in [9.17, 15) is 0 Å². The van der Waals surface area contributed by atoms with Crippen LogP contribution in [0.15, 0.2) is 18.2 Å². The molecule has 2 aromatic heterocycles. The molecule has 0 amide bonds. The van der Waals surface area contributed by atoms with Crippen LogP contribution in [0.5, 0.6) is 5.88 Å². The van der Waals surface area contributed by atoms with Gasteiger partial charge in [0.2, 0.25) is 5.88 Å². The topological polar surface area (TPSA) is 56.3 Å². The van der Waals surface area contributed by atoms with Crippen LogP contribution < -0.4 is 10.1 Å². The Labute approximate surface area is 150 Å². The lowest BCUT2D eigenvalue weighted by atomic mass is 9.79. The number of ether oxygens (including phenoxy) is 2. The number of thiophene rings is 1. The van der Waals surface area contributed by atoms with Crippen LogP contribution in [0.4, 0.5) is 0 Å². The molecule has 1 fully saturated rings. The van der Waals surface area contributed by atoms with Crippen LogP contribution in [-0.4, -0.2) is 30.0 Å². The Hall–Kier alpha value is -1.21. The first-order valence-electron chi connectivity index (χ1n) is 8.16. The number of halogens is 1. The third-order valence-electron chi connectivity index (χ3n) is 4.82. The number of piperidine rings is 1. The number of methoxy groups -OCH3 is 1. The van der Waals surface area contributed by atoms with Gasteiger partial charge in [0.25, 0.3) is 0 Å². The van der Waals surface area contributed by atoms with Gasteiger partial charge in [0.1, 0.15) is 5.60 Å². The van der Waals surface area contributed by atoms with E-state index in [0.717, 1.165) is 35.9 Å². The first-order valence-corrected chi connectivity index (χ1v) is 9.35. The van der Waals surface area contributed by atoms with Crippen LogP contribution in [0.2, 0.25) is 4.34 Å². The van der Waals surface area contributed by atoms with Gasteiger partial charge in [0.05, 0.1) is 29.8 Å². The number of hydrogen-bond acceptors (Lipinski definition) is 6. The first-order chi connectivity index (χ1) is 11.6. The lowest BCUT2D eigenvalue weighted by molar-refractivity contribution is -0.0958. The quantitative estimate of drug-likeness (QED) is 0.882. The van der Waals surface area contributed by atoms with Crippen LogP contribution in [0, 0.1) is 0 Å². The smallest absolute Gasteiger partial charge is 0.233 e. The Kier molecular flexibility index (Phi) is 4.24. The van der Waals surface area contributed by atoms with Crippen LogP contribution in [0.1, 0.15) is 41.9 Å². The molecular formula is C17H20ClN3O2S. The van der Waals surface area contributed by atoms with Gasteiger partial charge >= 0.3 is 0 Å². The summed E-state index contributed by atoms with van der Waals surface area (Å²) in [6.45, 7) is 2.94. The van der Waals surface area contributed by atoms with Gasteiger partial charge in [0.15, 0.2) is 0 Å². The Morgan fingerprint density at radius 1 is 1.38 bits per heavy atom. The summed E-state index contributed by atoms with van der Waals surface area (Å²) in [5.41, 5.74) is 1.98. The Morgan fingerprint density at radius 2 is 2.25 bits per heavy atom. The van der Waals surface area contributed by atoms with E-state index in [1.807, 2.05) is 12.1 Å². The summed E-state index contributed by atoms with van der Waals surface area (Å²) in [5, 5.41) is 12.1. The molecule has 0 aromatic carbocycles. The summed E-state index contributed by atoms with van der Waals surface area (Å²) in [4.78, 5) is 1.29. The summed E-state index contributed by atoms with van der Waals surface area (Å²) < 4.78 is 12.3. The zero-order chi connectivity index (χ0) is 16.7. The summed E-state index contributed by atoms with van der Waals surface area (Å²) >= 11 is 7.95. The maximum atomic E-state index is 6.35. The highest BCUT2D eigenvalue weighted by molar-refractivity contribution is 7.16. The van der Waals surface area contributed by atoms with Gasteiger partial charge in [-0.05, 0) is 37.5 Å². The average Bonchev–Trinajstić information content (AvgIpc) is 2.97. The van der Waals surface area contributed by atoms with Crippen LogP contribution >= 0.6 is 22.9 Å². The second-order valence-electron chi connectivity index (χ2n) is 6.53. The van der Waals surface area contributed by atoms with Gasteiger partial charge in [-0.25, -0.2) is 0 Å². The van der Waals surface area contributed by atoms with E-state index < -0.39 is 0 Å². The first kappa shape index (κ1) is 16.3. The van der Waals surface area contributed by atoms with Crippen molar-refractivity contribution in [1.82, 2.24) is 15.5 Å². The lowest BCUT2D eigenvalue weighted by Gasteiger charge is -2.45. The van der Waals surface area contributed by atoms with Gasteiger partial charge in [-0.15, -0.1) is 16.4 Å². The third-order valence-corrected chi connectivity index (χ3v) is 6.32. The Bertz CT molecular complexity index is 736. The molecule has 5 nitrogen and oxygen atoms in total. The fourth-order valence-corrected chi connectivity index (χ4v) is 5.34. The number of fused-ring (bicyclic) bond motifs is 2. The van der Waals surface area contributed by atoms with E-state index in [4.69, 9.17) is 21.1 Å². The highest BCUT2D eigenvalue weighted by Crippen LogP contribution is 2.49. The highest BCUT2D eigenvalue weighted by Gasteiger charge is 2.46. The van der Waals surface area contributed by atoms with Gasteiger partial charge in [-0.3, -0.25) is 0 Å². The molecule has 128 valence electrons. The van der Waals surface area contributed by atoms with Gasteiger partial charge in [-0.2, -0.15) is 5.10 Å². The third kappa shape index (κ3) is 2.81. The molecule has 3 atom stereocenters. The highest BCUT2D eigenvalue weighted by atomic mass is 35.5. The predicted molar refractivity (Wildman–Crippen MR) is 93.8 cm³/mol. The number of nitrogens with zero attached hydrogens (tertiary/aromatic N) is 2. The largest absolute Gasteiger partial charge is 0.480 e. The molecule has 24 heavy (non-hydrogen) atoms. The van der Waals surface area contributed by atoms with Crippen LogP contribution in [-0.2, 0) is 16.8 Å². The summed E-state index contributed by atoms with van der Waals surface area (Å²) in [5.74, 6) is 0.526. The minimum absolute atomic E-state index is 0.0963. The van der Waals surface area contributed by atoms with Crippen molar-refractivity contribution in [2.45, 2.75) is 43.9 Å². The SMILES string of the molecule is COc1ccc(C2CC3(CC(C)N2)OCCc2cc(Cl)sc23)nn1. The zero-order valence-electron chi connectivity index (χ0n) is 13.7. The second-order valence-corrected chi connectivity index (χ2v) is 8.21. The summed E-state index contributed by atoms with van der Waals surface area (Å²) in [7, 11) is 1.59. The van der Waals surface area contributed by atoms with Crippen molar-refractivity contribution in [2.24, 2.45) is 0 Å². The molecular weight excluding hydrogens is 346 g/mol. The fourth-order valence-electron chi connectivity index (χ4n) is 3.88.